The molecule has 0 spiro atoms. The Morgan fingerprint density at radius 1 is 1.14 bits per heavy atom. The fraction of sp³-hybridized carbons (Fsp3) is 0.391. The van der Waals surface area contributed by atoms with Crippen molar-refractivity contribution in [1.82, 2.24) is 5.32 Å². The third-order valence-corrected chi connectivity index (χ3v) is 4.92. The first-order valence-electron chi connectivity index (χ1n) is 9.71. The van der Waals surface area contributed by atoms with Gasteiger partial charge in [-0.1, -0.05) is 30.3 Å². The molecule has 5 nitrogen and oxygen atoms in total. The van der Waals surface area contributed by atoms with Gasteiger partial charge in [0.25, 0.3) is 5.91 Å². The van der Waals surface area contributed by atoms with Crippen molar-refractivity contribution in [2.45, 2.75) is 52.2 Å². The van der Waals surface area contributed by atoms with Gasteiger partial charge in [0, 0.05) is 0 Å². The minimum Gasteiger partial charge on any atom is -0.482 e. The molecule has 0 heterocycles. The maximum Gasteiger partial charge on any atom is 0.344 e. The number of ether oxygens (including phenoxy) is 2. The van der Waals surface area contributed by atoms with Crippen molar-refractivity contribution >= 4 is 11.9 Å². The molecule has 2 aromatic rings. The highest BCUT2D eigenvalue weighted by Crippen LogP contribution is 2.29. The van der Waals surface area contributed by atoms with Crippen LogP contribution in [0, 0.1) is 13.8 Å². The van der Waals surface area contributed by atoms with Gasteiger partial charge in [0.1, 0.15) is 5.75 Å². The highest BCUT2D eigenvalue weighted by atomic mass is 16.6. The molecule has 0 aliphatic heterocycles. The number of rotatable bonds is 6. The summed E-state index contributed by atoms with van der Waals surface area (Å²) in [5.41, 5.74) is 4.54. The number of nitrogens with one attached hydrogen (secondary N) is 1. The molecule has 2 aromatic carbocycles. The average Bonchev–Trinajstić information content (AvgIpc) is 2.66. The topological polar surface area (TPSA) is 64.6 Å². The third kappa shape index (κ3) is 5.12. The Morgan fingerprint density at radius 3 is 2.61 bits per heavy atom. The summed E-state index contributed by atoms with van der Waals surface area (Å²) >= 11 is 0. The zero-order valence-corrected chi connectivity index (χ0v) is 16.7. The molecule has 28 heavy (non-hydrogen) atoms. The van der Waals surface area contributed by atoms with Crippen LogP contribution in [0.3, 0.4) is 0 Å². The SMILES string of the molecule is Cc1cc(C)cc(OCC(=O)O[C@H](C)C(=O)N[C@H]2CCCc3ccccc32)c1. The monoisotopic (exact) mass is 381 g/mol. The Hall–Kier alpha value is -2.82. The van der Waals surface area contributed by atoms with E-state index in [9.17, 15) is 9.59 Å². The van der Waals surface area contributed by atoms with E-state index in [1.807, 2.05) is 50.2 Å². The molecule has 2 atom stereocenters. The van der Waals surface area contributed by atoms with Gasteiger partial charge in [-0.25, -0.2) is 4.79 Å². The number of fused-ring (bicyclic) bond motifs is 1. The molecular formula is C23H27NO4. The second-order valence-corrected chi connectivity index (χ2v) is 7.40. The standard InChI is InChI=1S/C23H27NO4/c1-15-11-16(2)13-19(12-15)27-14-22(25)28-17(3)23(26)24-21-10-6-8-18-7-4-5-9-20(18)21/h4-5,7,9,11-13,17,21H,6,8,10,14H2,1-3H3,(H,24,26)/t17-,21+/m1/s1. The zero-order chi connectivity index (χ0) is 20.1. The van der Waals surface area contributed by atoms with Gasteiger partial charge >= 0.3 is 5.97 Å². The largest absolute Gasteiger partial charge is 0.482 e. The molecule has 1 aliphatic rings. The van der Waals surface area contributed by atoms with Gasteiger partial charge in [-0.2, -0.15) is 0 Å². The fourth-order valence-corrected chi connectivity index (χ4v) is 3.64. The van der Waals surface area contributed by atoms with Crippen LogP contribution in [0.1, 0.15) is 48.1 Å². The number of amides is 1. The number of esters is 1. The molecule has 1 aliphatic carbocycles. The molecule has 0 fully saturated rings. The molecule has 1 amide bonds. The smallest absolute Gasteiger partial charge is 0.344 e. The molecule has 0 radical (unpaired) electrons. The van der Waals surface area contributed by atoms with Crippen molar-refractivity contribution in [3.05, 3.63) is 64.7 Å². The zero-order valence-electron chi connectivity index (χ0n) is 16.7. The minimum atomic E-state index is -0.871. The second-order valence-electron chi connectivity index (χ2n) is 7.40. The van der Waals surface area contributed by atoms with Crippen molar-refractivity contribution in [2.24, 2.45) is 0 Å². The number of carbonyl (C=O) groups excluding carboxylic acids is 2. The predicted octanol–water partition coefficient (Wildman–Crippen LogP) is 3.81. The maximum absolute atomic E-state index is 12.5. The molecule has 0 saturated carbocycles. The third-order valence-electron chi connectivity index (χ3n) is 4.92. The number of hydrogen-bond acceptors (Lipinski definition) is 4. The van der Waals surface area contributed by atoms with E-state index in [0.29, 0.717) is 5.75 Å². The van der Waals surface area contributed by atoms with Crippen molar-refractivity contribution in [2.75, 3.05) is 6.61 Å². The highest BCUT2D eigenvalue weighted by molar-refractivity contribution is 5.84. The van der Waals surface area contributed by atoms with Crippen LogP contribution in [0.2, 0.25) is 0 Å². The normalized spacial score (nSPS) is 16.6. The molecule has 1 N–H and O–H groups in total. The predicted molar refractivity (Wildman–Crippen MR) is 107 cm³/mol. The van der Waals surface area contributed by atoms with Crippen LogP contribution in [-0.2, 0) is 20.7 Å². The van der Waals surface area contributed by atoms with Crippen LogP contribution in [0.15, 0.2) is 42.5 Å². The first-order valence-corrected chi connectivity index (χ1v) is 9.71. The van der Waals surface area contributed by atoms with E-state index in [2.05, 4.69) is 11.4 Å². The van der Waals surface area contributed by atoms with E-state index >= 15 is 0 Å². The van der Waals surface area contributed by atoms with Gasteiger partial charge in [0.05, 0.1) is 6.04 Å². The van der Waals surface area contributed by atoms with E-state index in [1.54, 1.807) is 6.92 Å². The Balaban J connectivity index is 1.51. The summed E-state index contributed by atoms with van der Waals surface area (Å²) in [5.74, 6) is -0.238. The van der Waals surface area contributed by atoms with Crippen molar-refractivity contribution < 1.29 is 19.1 Å². The van der Waals surface area contributed by atoms with E-state index in [4.69, 9.17) is 9.47 Å². The molecule has 0 saturated heterocycles. The minimum absolute atomic E-state index is 0.0369. The van der Waals surface area contributed by atoms with Crippen molar-refractivity contribution in [3.8, 4) is 5.75 Å². The lowest BCUT2D eigenvalue weighted by Gasteiger charge is -2.27. The number of carbonyl (C=O) groups is 2. The van der Waals surface area contributed by atoms with E-state index < -0.39 is 12.1 Å². The van der Waals surface area contributed by atoms with Crippen LogP contribution in [0.4, 0.5) is 0 Å². The maximum atomic E-state index is 12.5. The van der Waals surface area contributed by atoms with Gasteiger partial charge in [-0.05, 0) is 74.4 Å². The first kappa shape index (κ1) is 19.9. The Labute approximate surface area is 166 Å². The van der Waals surface area contributed by atoms with Crippen LogP contribution in [0.25, 0.3) is 0 Å². The second kappa shape index (κ2) is 8.91. The highest BCUT2D eigenvalue weighted by Gasteiger charge is 2.25. The lowest BCUT2D eigenvalue weighted by molar-refractivity contribution is -0.156. The summed E-state index contributed by atoms with van der Waals surface area (Å²) in [4.78, 5) is 24.6. The van der Waals surface area contributed by atoms with Crippen LogP contribution in [-0.4, -0.2) is 24.6 Å². The summed E-state index contributed by atoms with van der Waals surface area (Å²) in [7, 11) is 0. The van der Waals surface area contributed by atoms with Gasteiger partial charge in [0.2, 0.25) is 0 Å². The van der Waals surface area contributed by atoms with Crippen LogP contribution >= 0.6 is 0 Å². The van der Waals surface area contributed by atoms with E-state index in [-0.39, 0.29) is 18.6 Å². The average molecular weight is 381 g/mol. The van der Waals surface area contributed by atoms with Crippen LogP contribution in [0.5, 0.6) is 5.75 Å². The molecule has 0 bridgehead atoms. The van der Waals surface area contributed by atoms with Gasteiger partial charge in [0.15, 0.2) is 12.7 Å². The summed E-state index contributed by atoms with van der Waals surface area (Å²) in [6.45, 7) is 5.29. The number of hydrogen-bond donors (Lipinski definition) is 1. The summed E-state index contributed by atoms with van der Waals surface area (Å²) in [5, 5.41) is 3.01. The lowest BCUT2D eigenvalue weighted by atomic mass is 9.87. The molecule has 0 unspecified atom stereocenters. The van der Waals surface area contributed by atoms with E-state index in [0.717, 1.165) is 36.0 Å². The fourth-order valence-electron chi connectivity index (χ4n) is 3.64. The van der Waals surface area contributed by atoms with Gasteiger partial charge in [-0.15, -0.1) is 0 Å². The van der Waals surface area contributed by atoms with Gasteiger partial charge in [-0.3, -0.25) is 4.79 Å². The van der Waals surface area contributed by atoms with E-state index in [1.165, 1.54) is 5.56 Å². The number of aryl methyl sites for hydroxylation is 3. The Morgan fingerprint density at radius 2 is 1.86 bits per heavy atom. The lowest BCUT2D eigenvalue weighted by Crippen LogP contribution is -2.39. The Kier molecular flexibility index (Phi) is 6.34. The van der Waals surface area contributed by atoms with Crippen LogP contribution < -0.4 is 10.1 Å². The summed E-state index contributed by atoms with van der Waals surface area (Å²) in [6.07, 6.45) is 2.08. The van der Waals surface area contributed by atoms with Crippen molar-refractivity contribution in [3.63, 3.8) is 0 Å². The molecule has 3 rings (SSSR count). The quantitative estimate of drug-likeness (QED) is 0.773. The molecule has 5 heteroatoms. The molecule has 148 valence electrons. The molecule has 0 aromatic heterocycles. The van der Waals surface area contributed by atoms with Crippen molar-refractivity contribution in [1.29, 1.82) is 0 Å². The summed E-state index contributed by atoms with van der Waals surface area (Å²) in [6, 6.07) is 13.9. The first-order chi connectivity index (χ1) is 13.4. The summed E-state index contributed by atoms with van der Waals surface area (Å²) < 4.78 is 10.7. The Bertz CT molecular complexity index is 841. The molecular weight excluding hydrogens is 354 g/mol. The number of benzene rings is 2. The van der Waals surface area contributed by atoms with Gasteiger partial charge < -0.3 is 14.8 Å².